The molecule has 9 heteroatoms. The third-order valence-corrected chi connectivity index (χ3v) is 5.28. The Balaban J connectivity index is 5.51. The third-order valence-electron chi connectivity index (χ3n) is 3.23. The molecule has 0 heterocycles. The summed E-state index contributed by atoms with van der Waals surface area (Å²) < 4.78 is 34.4. The molecular formula is C21H38NO7P. The minimum atomic E-state index is -3.49. The van der Waals surface area contributed by atoms with Crippen LogP contribution in [-0.4, -0.2) is 60.6 Å². The maximum absolute atomic E-state index is 13.0. The molecule has 0 amide bonds. The van der Waals surface area contributed by atoms with Crippen molar-refractivity contribution in [2.45, 2.75) is 66.6 Å². The highest BCUT2D eigenvalue weighted by atomic mass is 31.2. The highest BCUT2D eigenvalue weighted by Gasteiger charge is 2.30. The lowest BCUT2D eigenvalue weighted by Crippen LogP contribution is -2.35. The molecule has 0 rings (SSSR count). The number of carbonyl (C=O) groups is 2. The van der Waals surface area contributed by atoms with Crippen LogP contribution in [0.15, 0.2) is 24.3 Å². The normalized spacial score (nSPS) is 12.6. The Kier molecular flexibility index (Phi) is 11.2. The van der Waals surface area contributed by atoms with E-state index in [2.05, 4.69) is 13.2 Å². The second kappa shape index (κ2) is 11.8. The number of rotatable bonds is 12. The molecule has 0 saturated carbocycles. The zero-order valence-electron chi connectivity index (χ0n) is 19.7. The summed E-state index contributed by atoms with van der Waals surface area (Å²) in [6, 6.07) is 0. The lowest BCUT2D eigenvalue weighted by Gasteiger charge is -2.29. The summed E-state index contributed by atoms with van der Waals surface area (Å²) in [5.74, 6) is -1.17. The summed E-state index contributed by atoms with van der Waals surface area (Å²) in [5.41, 5.74) is -1.09. The fraction of sp³-hybridized carbons (Fsp3) is 0.714. The molecule has 0 atom stereocenters. The molecule has 0 unspecified atom stereocenters. The van der Waals surface area contributed by atoms with Crippen LogP contribution in [-0.2, 0) is 32.7 Å². The predicted octanol–water partition coefficient (Wildman–Crippen LogP) is 4.31. The molecule has 0 aromatic heterocycles. The van der Waals surface area contributed by atoms with Gasteiger partial charge >= 0.3 is 19.5 Å². The molecule has 0 saturated heterocycles. The van der Waals surface area contributed by atoms with Gasteiger partial charge in [-0.3, -0.25) is 9.46 Å². The van der Waals surface area contributed by atoms with Crippen LogP contribution in [0.1, 0.15) is 55.4 Å². The van der Waals surface area contributed by atoms with Crippen LogP contribution in [0.3, 0.4) is 0 Å². The Morgan fingerprint density at radius 2 is 1.13 bits per heavy atom. The highest BCUT2D eigenvalue weighted by molar-refractivity contribution is 7.53. The average Bonchev–Trinajstić information content (AvgIpc) is 2.51. The van der Waals surface area contributed by atoms with Crippen molar-refractivity contribution in [3.8, 4) is 0 Å². The first kappa shape index (κ1) is 28.5. The van der Waals surface area contributed by atoms with Gasteiger partial charge in [-0.1, -0.05) is 13.2 Å². The van der Waals surface area contributed by atoms with Crippen molar-refractivity contribution < 1.29 is 32.7 Å². The first-order chi connectivity index (χ1) is 13.5. The van der Waals surface area contributed by atoms with E-state index in [0.29, 0.717) is 0 Å². The van der Waals surface area contributed by atoms with Crippen LogP contribution in [0.4, 0.5) is 0 Å². The number of esters is 2. The van der Waals surface area contributed by atoms with E-state index >= 15 is 0 Å². The predicted molar refractivity (Wildman–Crippen MR) is 117 cm³/mol. The number of ether oxygens (including phenoxy) is 2. The van der Waals surface area contributed by atoms with Gasteiger partial charge in [0.2, 0.25) is 0 Å². The lowest BCUT2D eigenvalue weighted by molar-refractivity contribution is -0.150. The number of carbonyl (C=O) groups excluding carboxylic acids is 2. The number of hydrogen-bond donors (Lipinski definition) is 0. The zero-order chi connectivity index (χ0) is 23.8. The molecule has 8 nitrogen and oxygen atoms in total. The van der Waals surface area contributed by atoms with Crippen LogP contribution in [0.2, 0.25) is 0 Å². The largest absolute Gasteiger partial charge is 0.457 e. The molecule has 0 aliphatic carbocycles. The Labute approximate surface area is 181 Å². The van der Waals surface area contributed by atoms with E-state index < -0.39 is 30.7 Å². The van der Waals surface area contributed by atoms with Crippen molar-refractivity contribution in [3.63, 3.8) is 0 Å². The molecule has 0 spiro atoms. The van der Waals surface area contributed by atoms with Crippen LogP contribution >= 0.6 is 7.60 Å². The van der Waals surface area contributed by atoms with Gasteiger partial charge in [-0.2, -0.15) is 0 Å². The molecule has 0 aliphatic heterocycles. The molecule has 0 N–H and O–H groups in total. The van der Waals surface area contributed by atoms with Gasteiger partial charge in [0.25, 0.3) is 0 Å². The van der Waals surface area contributed by atoms with Crippen LogP contribution in [0, 0.1) is 0 Å². The summed E-state index contributed by atoms with van der Waals surface area (Å²) in [5, 5.41) is 0. The summed E-state index contributed by atoms with van der Waals surface area (Å²) in [7, 11) is -3.49. The van der Waals surface area contributed by atoms with Gasteiger partial charge in [0, 0.05) is 24.2 Å². The lowest BCUT2D eigenvalue weighted by atomic mass is 10.1. The summed E-state index contributed by atoms with van der Waals surface area (Å²) in [4.78, 5) is 26.2. The molecular weight excluding hydrogens is 409 g/mol. The van der Waals surface area contributed by atoms with E-state index in [0.717, 1.165) is 0 Å². The van der Waals surface area contributed by atoms with Crippen LogP contribution in [0.5, 0.6) is 0 Å². The molecule has 0 radical (unpaired) electrons. The summed E-state index contributed by atoms with van der Waals surface area (Å²) in [6.07, 6.45) is -0.154. The highest BCUT2D eigenvalue weighted by Crippen LogP contribution is 2.48. The Hall–Kier alpha value is -1.47. The van der Waals surface area contributed by atoms with E-state index in [1.165, 1.54) is 0 Å². The fourth-order valence-electron chi connectivity index (χ4n) is 2.28. The molecule has 30 heavy (non-hydrogen) atoms. The van der Waals surface area contributed by atoms with Crippen molar-refractivity contribution in [1.29, 1.82) is 0 Å². The molecule has 0 aromatic carbocycles. The maximum Gasteiger partial charge on any atom is 0.344 e. The summed E-state index contributed by atoms with van der Waals surface area (Å²) in [6.45, 7) is 21.8. The molecule has 0 aromatic rings. The topological polar surface area (TPSA) is 91.4 Å². The smallest absolute Gasteiger partial charge is 0.344 e. The second-order valence-corrected chi connectivity index (χ2v) is 10.8. The zero-order valence-corrected chi connectivity index (χ0v) is 20.6. The van der Waals surface area contributed by atoms with Crippen molar-refractivity contribution in [3.05, 3.63) is 24.3 Å². The quantitative estimate of drug-likeness (QED) is 0.248. The fourth-order valence-corrected chi connectivity index (χ4v) is 4.00. The third kappa shape index (κ3) is 12.3. The van der Waals surface area contributed by atoms with Crippen LogP contribution < -0.4 is 0 Å². The van der Waals surface area contributed by atoms with E-state index in [9.17, 15) is 14.2 Å². The molecule has 0 aliphatic rings. The Morgan fingerprint density at radius 1 is 0.800 bits per heavy atom. The monoisotopic (exact) mass is 447 g/mol. The van der Waals surface area contributed by atoms with Gasteiger partial charge in [-0.25, -0.2) is 9.59 Å². The van der Waals surface area contributed by atoms with Crippen LogP contribution in [0.25, 0.3) is 0 Å². The Morgan fingerprint density at radius 3 is 1.40 bits per heavy atom. The molecule has 174 valence electrons. The minimum Gasteiger partial charge on any atom is -0.457 e. The average molecular weight is 448 g/mol. The molecule has 0 fully saturated rings. The van der Waals surface area contributed by atoms with E-state index in [1.807, 2.05) is 0 Å². The van der Waals surface area contributed by atoms with Gasteiger partial charge < -0.3 is 18.5 Å². The van der Waals surface area contributed by atoms with E-state index in [4.69, 9.17) is 18.5 Å². The van der Waals surface area contributed by atoms with Crippen molar-refractivity contribution >= 4 is 19.5 Å². The second-order valence-electron chi connectivity index (χ2n) is 8.79. The van der Waals surface area contributed by atoms with E-state index in [1.54, 1.807) is 60.3 Å². The van der Waals surface area contributed by atoms with Crippen molar-refractivity contribution in [2.75, 3.05) is 32.6 Å². The first-order valence-electron chi connectivity index (χ1n) is 9.94. The van der Waals surface area contributed by atoms with Gasteiger partial charge in [0.15, 0.2) is 0 Å². The van der Waals surface area contributed by atoms with Gasteiger partial charge in [-0.05, 0) is 55.4 Å². The number of nitrogens with zero attached hydrogens (tertiary/aromatic N) is 1. The van der Waals surface area contributed by atoms with Crippen molar-refractivity contribution in [1.82, 2.24) is 4.90 Å². The molecule has 0 bridgehead atoms. The van der Waals surface area contributed by atoms with Gasteiger partial charge in [0.05, 0.1) is 13.2 Å². The first-order valence-corrected chi connectivity index (χ1v) is 11.7. The minimum absolute atomic E-state index is 0.0130. The van der Waals surface area contributed by atoms with Gasteiger partial charge in [0.1, 0.15) is 17.5 Å². The van der Waals surface area contributed by atoms with Crippen molar-refractivity contribution in [2.24, 2.45) is 0 Å². The number of hydrogen-bond acceptors (Lipinski definition) is 8. The maximum atomic E-state index is 13.0. The Bertz CT molecular complexity index is 622. The van der Waals surface area contributed by atoms with Gasteiger partial charge in [-0.15, -0.1) is 0 Å². The standard InChI is InChI=1S/C21H38NO7P/c1-11-26-30(25,27-12-2)15-22(13-16(3)18(23)28-20(5,6)7)14-17(4)19(24)29-21(8,9)10/h3-4,11-15H2,1-2,5-10H3. The van der Waals surface area contributed by atoms with E-state index in [-0.39, 0.29) is 43.7 Å². The SMILES string of the molecule is C=C(CN(CC(=C)C(=O)OC(C)(C)C)CP(=O)(OCC)OCC)C(=O)OC(C)(C)C. The summed E-state index contributed by atoms with van der Waals surface area (Å²) >= 11 is 0.